The summed E-state index contributed by atoms with van der Waals surface area (Å²) in [7, 11) is 0. The summed E-state index contributed by atoms with van der Waals surface area (Å²) in [5.74, 6) is -1.51. The highest BCUT2D eigenvalue weighted by Gasteiger charge is 2.15. The fourth-order valence-electron chi connectivity index (χ4n) is 1.81. The lowest BCUT2D eigenvalue weighted by Crippen LogP contribution is -2.16. The molecule has 7 nitrogen and oxygen atoms in total. The number of rotatable bonds is 4. The number of carboxylic acids is 1. The number of aromatic amines is 1. The predicted octanol–water partition coefficient (Wildman–Crippen LogP) is 1.77. The Morgan fingerprint density at radius 1 is 1.38 bits per heavy atom. The second-order valence-corrected chi connectivity index (χ2v) is 4.38. The molecule has 1 amide bonds. The summed E-state index contributed by atoms with van der Waals surface area (Å²) in [5, 5.41) is 18.2. The normalized spacial score (nSPS) is 10.8. The van der Waals surface area contributed by atoms with Crippen LogP contribution >= 0.6 is 0 Å². The molecular formula is C14H14N4O3. The van der Waals surface area contributed by atoms with E-state index in [0.29, 0.717) is 16.9 Å². The van der Waals surface area contributed by atoms with E-state index < -0.39 is 11.9 Å². The van der Waals surface area contributed by atoms with Crippen molar-refractivity contribution in [2.24, 2.45) is 0 Å². The molecule has 0 aliphatic heterocycles. The first-order valence-electron chi connectivity index (χ1n) is 6.18. The van der Waals surface area contributed by atoms with E-state index in [9.17, 15) is 9.59 Å². The fraction of sp³-hybridized carbons (Fsp3) is 0.143. The summed E-state index contributed by atoms with van der Waals surface area (Å²) < 4.78 is 0. The minimum absolute atomic E-state index is 0.148. The van der Waals surface area contributed by atoms with Gasteiger partial charge < -0.3 is 10.4 Å². The van der Waals surface area contributed by atoms with Crippen LogP contribution in [0.1, 0.15) is 27.4 Å². The van der Waals surface area contributed by atoms with Gasteiger partial charge in [0.15, 0.2) is 0 Å². The van der Waals surface area contributed by atoms with Gasteiger partial charge in [-0.15, -0.1) is 0 Å². The summed E-state index contributed by atoms with van der Waals surface area (Å²) in [6, 6.07) is 3.25. The summed E-state index contributed by atoms with van der Waals surface area (Å²) in [4.78, 5) is 26.9. The van der Waals surface area contributed by atoms with Crippen molar-refractivity contribution in [2.45, 2.75) is 13.8 Å². The highest BCUT2D eigenvalue weighted by Crippen LogP contribution is 2.18. The third kappa shape index (κ3) is 3.33. The maximum Gasteiger partial charge on any atom is 0.328 e. The van der Waals surface area contributed by atoms with E-state index in [2.05, 4.69) is 20.5 Å². The van der Waals surface area contributed by atoms with Gasteiger partial charge in [0.25, 0.3) is 5.91 Å². The van der Waals surface area contributed by atoms with Gasteiger partial charge in [-0.2, -0.15) is 5.10 Å². The number of aromatic nitrogens is 3. The average molecular weight is 286 g/mol. The molecular weight excluding hydrogens is 272 g/mol. The maximum absolute atomic E-state index is 12.3. The van der Waals surface area contributed by atoms with Crippen molar-refractivity contribution < 1.29 is 14.7 Å². The highest BCUT2D eigenvalue weighted by molar-refractivity contribution is 6.06. The molecule has 2 heterocycles. The van der Waals surface area contributed by atoms with Gasteiger partial charge in [-0.05, 0) is 26.0 Å². The molecule has 0 radical (unpaired) electrons. The Morgan fingerprint density at radius 3 is 2.76 bits per heavy atom. The SMILES string of the molecule is Cc1n[nH]c(C)c1NC(=O)c1ncccc1/C=C/C(=O)O. The van der Waals surface area contributed by atoms with Crippen LogP contribution in [0.25, 0.3) is 6.08 Å². The summed E-state index contributed by atoms with van der Waals surface area (Å²) in [6.45, 7) is 3.56. The molecule has 2 aromatic heterocycles. The zero-order valence-electron chi connectivity index (χ0n) is 11.5. The number of carboxylic acid groups (broad SMARTS) is 1. The number of amides is 1. The molecule has 2 aromatic rings. The largest absolute Gasteiger partial charge is 0.478 e. The van der Waals surface area contributed by atoms with Crippen molar-refractivity contribution in [3.8, 4) is 0 Å². The number of H-pyrrole nitrogens is 1. The monoisotopic (exact) mass is 286 g/mol. The highest BCUT2D eigenvalue weighted by atomic mass is 16.4. The number of carbonyl (C=O) groups excluding carboxylic acids is 1. The predicted molar refractivity (Wildman–Crippen MR) is 76.9 cm³/mol. The molecule has 0 saturated carbocycles. The van der Waals surface area contributed by atoms with Crippen LogP contribution in [0, 0.1) is 13.8 Å². The van der Waals surface area contributed by atoms with Crippen LogP contribution in [0.15, 0.2) is 24.4 Å². The Bertz CT molecular complexity index is 699. The first kappa shape index (κ1) is 14.4. The van der Waals surface area contributed by atoms with Crippen LogP contribution in [0.5, 0.6) is 0 Å². The lowest BCUT2D eigenvalue weighted by atomic mass is 10.1. The first-order chi connectivity index (χ1) is 9.99. The standard InChI is InChI=1S/C14H14N4O3/c1-8-12(9(2)18-17-8)16-14(21)13-10(4-3-7-15-13)5-6-11(19)20/h3-7H,1-2H3,(H,16,21)(H,17,18)(H,19,20)/b6-5+. The van der Waals surface area contributed by atoms with Gasteiger partial charge in [0, 0.05) is 17.8 Å². The Labute approximate surface area is 120 Å². The van der Waals surface area contributed by atoms with Crippen molar-refractivity contribution in [3.05, 3.63) is 47.1 Å². The molecule has 0 aliphatic rings. The number of aliphatic carboxylic acids is 1. The van der Waals surface area contributed by atoms with Crippen LogP contribution in [0.2, 0.25) is 0 Å². The van der Waals surface area contributed by atoms with E-state index in [-0.39, 0.29) is 5.69 Å². The topological polar surface area (TPSA) is 108 Å². The van der Waals surface area contributed by atoms with Crippen LogP contribution in [0.4, 0.5) is 5.69 Å². The molecule has 0 atom stereocenters. The zero-order chi connectivity index (χ0) is 15.4. The number of hydrogen-bond acceptors (Lipinski definition) is 4. The molecule has 2 rings (SSSR count). The molecule has 0 spiro atoms. The van der Waals surface area contributed by atoms with E-state index in [0.717, 1.165) is 11.8 Å². The Morgan fingerprint density at radius 2 is 2.14 bits per heavy atom. The third-order valence-corrected chi connectivity index (χ3v) is 2.83. The summed E-state index contributed by atoms with van der Waals surface area (Å²) in [5.41, 5.74) is 2.57. The molecule has 0 fully saturated rings. The number of pyridine rings is 1. The summed E-state index contributed by atoms with van der Waals surface area (Å²) >= 11 is 0. The van der Waals surface area contributed by atoms with E-state index >= 15 is 0 Å². The van der Waals surface area contributed by atoms with Gasteiger partial charge in [-0.3, -0.25) is 14.9 Å². The summed E-state index contributed by atoms with van der Waals surface area (Å²) in [6.07, 6.45) is 3.77. The molecule has 3 N–H and O–H groups in total. The molecule has 7 heteroatoms. The molecule has 108 valence electrons. The van der Waals surface area contributed by atoms with Gasteiger partial charge in [0.1, 0.15) is 5.69 Å². The van der Waals surface area contributed by atoms with E-state index in [1.165, 1.54) is 12.3 Å². The van der Waals surface area contributed by atoms with Gasteiger partial charge >= 0.3 is 5.97 Å². The second-order valence-electron chi connectivity index (χ2n) is 4.38. The number of carbonyl (C=O) groups is 2. The van der Waals surface area contributed by atoms with Crippen LogP contribution in [0.3, 0.4) is 0 Å². The molecule has 0 bridgehead atoms. The Hall–Kier alpha value is -2.96. The van der Waals surface area contributed by atoms with Crippen molar-refractivity contribution in [1.82, 2.24) is 15.2 Å². The lowest BCUT2D eigenvalue weighted by molar-refractivity contribution is -0.131. The number of nitrogens with one attached hydrogen (secondary N) is 2. The molecule has 0 aromatic carbocycles. The van der Waals surface area contributed by atoms with E-state index in [1.54, 1.807) is 26.0 Å². The molecule has 0 unspecified atom stereocenters. The number of hydrogen-bond donors (Lipinski definition) is 3. The number of nitrogens with zero attached hydrogens (tertiary/aromatic N) is 2. The van der Waals surface area contributed by atoms with Crippen LogP contribution in [-0.2, 0) is 4.79 Å². The Balaban J connectivity index is 2.30. The van der Waals surface area contributed by atoms with Crippen LogP contribution < -0.4 is 5.32 Å². The average Bonchev–Trinajstić information content (AvgIpc) is 2.77. The van der Waals surface area contributed by atoms with Gasteiger partial charge in [-0.25, -0.2) is 4.79 Å². The Kier molecular flexibility index (Phi) is 4.13. The van der Waals surface area contributed by atoms with Crippen molar-refractivity contribution in [2.75, 3.05) is 5.32 Å². The van der Waals surface area contributed by atoms with Gasteiger partial charge in [0.05, 0.1) is 17.1 Å². The smallest absolute Gasteiger partial charge is 0.328 e. The zero-order valence-corrected chi connectivity index (χ0v) is 11.5. The van der Waals surface area contributed by atoms with Crippen LogP contribution in [-0.4, -0.2) is 32.2 Å². The van der Waals surface area contributed by atoms with Crippen molar-refractivity contribution in [3.63, 3.8) is 0 Å². The minimum Gasteiger partial charge on any atom is -0.478 e. The quantitative estimate of drug-likeness (QED) is 0.742. The van der Waals surface area contributed by atoms with Gasteiger partial charge in [0.2, 0.25) is 0 Å². The fourth-order valence-corrected chi connectivity index (χ4v) is 1.81. The second kappa shape index (κ2) is 6.00. The van der Waals surface area contributed by atoms with E-state index in [4.69, 9.17) is 5.11 Å². The van der Waals surface area contributed by atoms with Gasteiger partial charge in [-0.1, -0.05) is 6.07 Å². The maximum atomic E-state index is 12.3. The number of anilines is 1. The van der Waals surface area contributed by atoms with Crippen molar-refractivity contribution >= 4 is 23.6 Å². The molecule has 0 saturated heterocycles. The van der Waals surface area contributed by atoms with E-state index in [1.807, 2.05) is 0 Å². The molecule has 21 heavy (non-hydrogen) atoms. The lowest BCUT2D eigenvalue weighted by Gasteiger charge is -2.07. The van der Waals surface area contributed by atoms with Crippen molar-refractivity contribution in [1.29, 1.82) is 0 Å². The third-order valence-electron chi connectivity index (χ3n) is 2.83. The molecule has 0 aliphatic carbocycles. The number of aryl methyl sites for hydroxylation is 2. The minimum atomic E-state index is -1.09. The first-order valence-corrected chi connectivity index (χ1v) is 6.18.